The first-order valence-electron chi connectivity index (χ1n) is 7.96. The third-order valence-electron chi connectivity index (χ3n) is 3.73. The molecule has 0 aliphatic rings. The SMILES string of the molecule is COc1ccc(-c2cn3c(CCC(=O)NC(C)C)csc3n2)cc1. The first-order chi connectivity index (χ1) is 11.6. The fourth-order valence-corrected chi connectivity index (χ4v) is 3.45. The van der Waals surface area contributed by atoms with Crippen LogP contribution in [0.1, 0.15) is 26.0 Å². The van der Waals surface area contributed by atoms with Crippen molar-refractivity contribution >= 4 is 22.2 Å². The Morgan fingerprint density at radius 3 is 2.75 bits per heavy atom. The fraction of sp³-hybridized carbons (Fsp3) is 0.333. The zero-order valence-corrected chi connectivity index (χ0v) is 14.9. The minimum absolute atomic E-state index is 0.0832. The van der Waals surface area contributed by atoms with E-state index in [-0.39, 0.29) is 11.9 Å². The van der Waals surface area contributed by atoms with Crippen molar-refractivity contribution in [2.45, 2.75) is 32.7 Å². The molecule has 0 bridgehead atoms. The van der Waals surface area contributed by atoms with Crippen LogP contribution in [0.4, 0.5) is 0 Å². The van der Waals surface area contributed by atoms with Crippen molar-refractivity contribution in [3.8, 4) is 17.0 Å². The highest BCUT2D eigenvalue weighted by atomic mass is 32.1. The second-order valence-electron chi connectivity index (χ2n) is 5.96. The molecule has 0 radical (unpaired) electrons. The number of benzene rings is 1. The van der Waals surface area contributed by atoms with E-state index in [1.807, 2.05) is 44.3 Å². The van der Waals surface area contributed by atoms with Crippen molar-refractivity contribution in [2.75, 3.05) is 7.11 Å². The molecule has 0 spiro atoms. The summed E-state index contributed by atoms with van der Waals surface area (Å²) < 4.78 is 7.26. The Kier molecular flexibility index (Phi) is 4.85. The molecule has 0 aliphatic heterocycles. The van der Waals surface area contributed by atoms with E-state index in [1.54, 1.807) is 18.4 Å². The number of hydrogen-bond acceptors (Lipinski definition) is 4. The fourth-order valence-electron chi connectivity index (χ4n) is 2.55. The molecule has 1 N–H and O–H groups in total. The van der Waals surface area contributed by atoms with E-state index >= 15 is 0 Å². The van der Waals surface area contributed by atoms with Gasteiger partial charge in [0.15, 0.2) is 4.96 Å². The van der Waals surface area contributed by atoms with Gasteiger partial charge >= 0.3 is 0 Å². The number of aromatic nitrogens is 2. The topological polar surface area (TPSA) is 55.6 Å². The summed E-state index contributed by atoms with van der Waals surface area (Å²) >= 11 is 1.60. The van der Waals surface area contributed by atoms with Gasteiger partial charge in [0.1, 0.15) is 5.75 Å². The molecule has 24 heavy (non-hydrogen) atoms. The van der Waals surface area contributed by atoms with Crippen molar-refractivity contribution in [3.05, 3.63) is 41.5 Å². The van der Waals surface area contributed by atoms with Crippen LogP contribution in [-0.4, -0.2) is 28.4 Å². The number of amides is 1. The van der Waals surface area contributed by atoms with E-state index in [0.29, 0.717) is 12.8 Å². The summed E-state index contributed by atoms with van der Waals surface area (Å²) in [7, 11) is 1.66. The summed E-state index contributed by atoms with van der Waals surface area (Å²) in [6, 6.07) is 8.04. The Hall–Kier alpha value is -2.34. The number of carbonyl (C=O) groups excluding carboxylic acids is 1. The number of aryl methyl sites for hydroxylation is 1. The van der Waals surface area contributed by atoms with Crippen LogP contribution in [-0.2, 0) is 11.2 Å². The van der Waals surface area contributed by atoms with Crippen LogP contribution < -0.4 is 10.1 Å². The third-order valence-corrected chi connectivity index (χ3v) is 4.62. The molecule has 5 nitrogen and oxygen atoms in total. The van der Waals surface area contributed by atoms with Crippen LogP contribution in [0.2, 0.25) is 0 Å². The maximum Gasteiger partial charge on any atom is 0.220 e. The molecule has 3 rings (SSSR count). The maximum atomic E-state index is 11.8. The third kappa shape index (κ3) is 3.59. The number of nitrogens with one attached hydrogen (secondary N) is 1. The molecule has 3 aromatic rings. The summed E-state index contributed by atoms with van der Waals surface area (Å²) in [5.74, 6) is 0.913. The van der Waals surface area contributed by atoms with Crippen LogP contribution >= 0.6 is 11.3 Å². The average molecular weight is 343 g/mol. The van der Waals surface area contributed by atoms with Gasteiger partial charge in [-0.05, 0) is 44.5 Å². The van der Waals surface area contributed by atoms with Crippen molar-refractivity contribution in [1.82, 2.24) is 14.7 Å². The Morgan fingerprint density at radius 2 is 2.08 bits per heavy atom. The van der Waals surface area contributed by atoms with E-state index in [1.165, 1.54) is 0 Å². The van der Waals surface area contributed by atoms with Gasteiger partial charge in [0.25, 0.3) is 0 Å². The normalized spacial score (nSPS) is 11.2. The van der Waals surface area contributed by atoms with Gasteiger partial charge in [-0.15, -0.1) is 11.3 Å². The van der Waals surface area contributed by atoms with E-state index in [2.05, 4.69) is 20.1 Å². The quantitative estimate of drug-likeness (QED) is 0.745. The zero-order valence-electron chi connectivity index (χ0n) is 14.1. The van der Waals surface area contributed by atoms with Gasteiger partial charge in [0, 0.05) is 35.3 Å². The highest BCUT2D eigenvalue weighted by molar-refractivity contribution is 7.15. The first kappa shape index (κ1) is 16.5. The van der Waals surface area contributed by atoms with Gasteiger partial charge in [-0.25, -0.2) is 4.98 Å². The first-order valence-corrected chi connectivity index (χ1v) is 8.84. The molecule has 1 aromatic carbocycles. The zero-order chi connectivity index (χ0) is 17.1. The lowest BCUT2D eigenvalue weighted by Gasteiger charge is -2.07. The molecule has 0 aliphatic carbocycles. The molecule has 0 saturated carbocycles. The smallest absolute Gasteiger partial charge is 0.220 e. The van der Waals surface area contributed by atoms with E-state index in [0.717, 1.165) is 27.7 Å². The summed E-state index contributed by atoms with van der Waals surface area (Å²) in [5.41, 5.74) is 3.09. The van der Waals surface area contributed by atoms with Gasteiger partial charge in [-0.3, -0.25) is 9.20 Å². The number of thiazole rings is 1. The Balaban J connectivity index is 1.77. The number of ether oxygens (including phenoxy) is 1. The Bertz CT molecular complexity index is 834. The number of carbonyl (C=O) groups is 1. The van der Waals surface area contributed by atoms with Crippen molar-refractivity contribution in [2.24, 2.45) is 0 Å². The van der Waals surface area contributed by atoms with Crippen molar-refractivity contribution < 1.29 is 9.53 Å². The summed E-state index contributed by atoms with van der Waals surface area (Å²) in [6.45, 7) is 3.94. The molecule has 2 aromatic heterocycles. The summed E-state index contributed by atoms with van der Waals surface area (Å²) in [6.07, 6.45) is 3.22. The maximum absolute atomic E-state index is 11.8. The second-order valence-corrected chi connectivity index (χ2v) is 6.79. The lowest BCUT2D eigenvalue weighted by molar-refractivity contribution is -0.121. The van der Waals surface area contributed by atoms with Crippen LogP contribution in [0.3, 0.4) is 0 Å². The predicted molar refractivity (Wildman–Crippen MR) is 96.7 cm³/mol. The van der Waals surface area contributed by atoms with Crippen LogP contribution in [0, 0.1) is 0 Å². The molecule has 0 unspecified atom stereocenters. The molecule has 0 atom stereocenters. The molecule has 0 fully saturated rings. The van der Waals surface area contributed by atoms with E-state index in [9.17, 15) is 4.79 Å². The minimum atomic E-state index is 0.0832. The highest BCUT2D eigenvalue weighted by Crippen LogP contribution is 2.25. The molecule has 1 amide bonds. The molecule has 6 heteroatoms. The highest BCUT2D eigenvalue weighted by Gasteiger charge is 2.11. The molecule has 2 heterocycles. The van der Waals surface area contributed by atoms with Crippen molar-refractivity contribution in [1.29, 1.82) is 0 Å². The van der Waals surface area contributed by atoms with E-state index < -0.39 is 0 Å². The number of imidazole rings is 1. The summed E-state index contributed by atoms with van der Waals surface area (Å²) in [5, 5.41) is 5.00. The number of hydrogen-bond donors (Lipinski definition) is 1. The molecular formula is C18H21N3O2S. The second kappa shape index (κ2) is 7.05. The summed E-state index contributed by atoms with van der Waals surface area (Å²) in [4.78, 5) is 17.4. The Labute approximate surface area is 145 Å². The van der Waals surface area contributed by atoms with Crippen molar-refractivity contribution in [3.63, 3.8) is 0 Å². The number of rotatable bonds is 6. The molecule has 0 saturated heterocycles. The number of fused-ring (bicyclic) bond motifs is 1. The van der Waals surface area contributed by atoms with Crippen LogP contribution in [0.25, 0.3) is 16.2 Å². The van der Waals surface area contributed by atoms with Gasteiger partial charge in [-0.1, -0.05) is 0 Å². The van der Waals surface area contributed by atoms with Gasteiger partial charge < -0.3 is 10.1 Å². The monoisotopic (exact) mass is 343 g/mol. The van der Waals surface area contributed by atoms with Crippen LogP contribution in [0.15, 0.2) is 35.8 Å². The molecule has 126 valence electrons. The minimum Gasteiger partial charge on any atom is -0.497 e. The van der Waals surface area contributed by atoms with E-state index in [4.69, 9.17) is 4.74 Å². The number of methoxy groups -OCH3 is 1. The average Bonchev–Trinajstić information content (AvgIpc) is 3.13. The van der Waals surface area contributed by atoms with Gasteiger partial charge in [0.05, 0.1) is 12.8 Å². The number of nitrogens with zero attached hydrogens (tertiary/aromatic N) is 2. The van der Waals surface area contributed by atoms with Gasteiger partial charge in [-0.2, -0.15) is 0 Å². The predicted octanol–water partition coefficient (Wildman–Crippen LogP) is 3.53. The largest absolute Gasteiger partial charge is 0.497 e. The lowest BCUT2D eigenvalue weighted by atomic mass is 10.1. The standard InChI is InChI=1S/C18H21N3O2S/c1-12(2)19-17(22)9-6-14-11-24-18-20-16(10-21(14)18)13-4-7-15(23-3)8-5-13/h4-5,7-8,10-12H,6,9H2,1-3H3,(H,19,22). The van der Waals surface area contributed by atoms with Gasteiger partial charge in [0.2, 0.25) is 5.91 Å². The Morgan fingerprint density at radius 1 is 1.33 bits per heavy atom. The van der Waals surface area contributed by atoms with Crippen LogP contribution in [0.5, 0.6) is 5.75 Å². The lowest BCUT2D eigenvalue weighted by Crippen LogP contribution is -2.30. The molecular weight excluding hydrogens is 322 g/mol.